The molecule has 0 bridgehead atoms. The topological polar surface area (TPSA) is 98.7 Å². The average molecular weight is 600 g/mol. The summed E-state index contributed by atoms with van der Waals surface area (Å²) in [7, 11) is 0. The summed E-state index contributed by atoms with van der Waals surface area (Å²) in [5.41, 5.74) is 5.61. The summed E-state index contributed by atoms with van der Waals surface area (Å²) in [5.74, 6) is 0.820. The van der Waals surface area contributed by atoms with Gasteiger partial charge < -0.3 is 29.3 Å². The van der Waals surface area contributed by atoms with Crippen molar-refractivity contribution < 1.29 is 48.8 Å². The molecule has 7 heteroatoms. The first kappa shape index (κ1) is 30.0. The maximum absolute atomic E-state index is 11.5. The molecule has 41 heavy (non-hydrogen) atoms. The Morgan fingerprint density at radius 1 is 0.585 bits per heavy atom. The molecule has 0 saturated heterocycles. The van der Waals surface area contributed by atoms with Crippen LogP contribution in [0.5, 0.6) is 23.0 Å². The van der Waals surface area contributed by atoms with Crippen molar-refractivity contribution >= 4 is 11.9 Å². The molecule has 0 radical (unpaired) electrons. The van der Waals surface area contributed by atoms with Crippen molar-refractivity contribution in [2.45, 2.75) is 52.4 Å². The molecule has 2 aliphatic heterocycles. The molecule has 204 valence electrons. The minimum absolute atomic E-state index is 0. The van der Waals surface area contributed by atoms with E-state index in [0.717, 1.165) is 44.9 Å². The fourth-order valence-corrected chi connectivity index (χ4v) is 5.40. The van der Waals surface area contributed by atoms with Crippen LogP contribution in [0.3, 0.4) is 0 Å². The Hall–Kier alpha value is -3.96. The van der Waals surface area contributed by atoms with Crippen LogP contribution in [0.2, 0.25) is 0 Å². The van der Waals surface area contributed by atoms with Gasteiger partial charge in [-0.15, -0.1) is 0 Å². The number of fused-ring (bicyclic) bond motifs is 4. The second-order valence-corrected chi connectivity index (χ2v) is 10.7. The molecule has 0 unspecified atom stereocenters. The number of benzene rings is 4. The summed E-state index contributed by atoms with van der Waals surface area (Å²) < 4.78 is 11.6. The van der Waals surface area contributed by atoms with Crippen molar-refractivity contribution in [1.82, 2.24) is 0 Å². The minimum Gasteiger partial charge on any atom is -0.545 e. The number of carboxylic acids is 2. The summed E-state index contributed by atoms with van der Waals surface area (Å²) in [5, 5.41) is 23.1. The van der Waals surface area contributed by atoms with Gasteiger partial charge in [0.2, 0.25) is 0 Å². The molecule has 4 aromatic carbocycles. The van der Waals surface area contributed by atoms with Gasteiger partial charge in [-0.05, 0) is 58.4 Å². The van der Waals surface area contributed by atoms with E-state index >= 15 is 0 Å². The van der Waals surface area contributed by atoms with Gasteiger partial charge in [-0.1, -0.05) is 76.2 Å². The number of rotatable bonds is 4. The Kier molecular flexibility index (Phi) is 8.99. The molecule has 0 atom stereocenters. The Morgan fingerprint density at radius 3 is 1.29 bits per heavy atom. The molecule has 0 aromatic heterocycles. The number of carbonyl (C=O) groups excluding carboxylic acids is 2. The zero-order valence-electron chi connectivity index (χ0n) is 23.7. The molecule has 0 aliphatic carbocycles. The number of aromatic carboxylic acids is 2. The van der Waals surface area contributed by atoms with Crippen LogP contribution >= 0.6 is 0 Å². The first-order chi connectivity index (χ1) is 19.2. The van der Waals surface area contributed by atoms with E-state index in [1.54, 1.807) is 0 Å². The third-order valence-corrected chi connectivity index (χ3v) is 7.38. The number of carboxylic acid groups (broad SMARTS) is 2. The van der Waals surface area contributed by atoms with Gasteiger partial charge in [-0.3, -0.25) is 0 Å². The van der Waals surface area contributed by atoms with Crippen LogP contribution in [0, 0.1) is 0 Å². The second kappa shape index (κ2) is 12.3. The van der Waals surface area contributed by atoms with Crippen molar-refractivity contribution in [2.75, 3.05) is 0 Å². The fraction of sp³-hybridized carbons (Fsp3) is 0.235. The summed E-state index contributed by atoms with van der Waals surface area (Å²) in [6.07, 6.45) is 1.13. The smallest absolute Gasteiger partial charge is 0.545 e. The second-order valence-electron chi connectivity index (χ2n) is 10.7. The van der Waals surface area contributed by atoms with Crippen molar-refractivity contribution in [2.24, 2.45) is 0 Å². The number of carbonyl (C=O) groups is 2. The molecule has 0 saturated carbocycles. The maximum atomic E-state index is 11.5. The van der Waals surface area contributed by atoms with Gasteiger partial charge in [-0.2, -0.15) is 0 Å². The minimum atomic E-state index is -1.13. The monoisotopic (exact) mass is 598 g/mol. The molecule has 4 aromatic rings. The molecule has 2 heterocycles. The standard InChI is InChI=1S/2C17H16O3.Zn/c2*1-10(2)12-7-8-15-13(16(12)17(18)19)9-11-5-3-4-6-14(11)20-15;/h2*3-8,10H,9H2,1-2H3,(H,18,19);/q;;+2/p-2. The molecule has 0 N–H and O–H groups in total. The average Bonchev–Trinajstić information content (AvgIpc) is 2.93. The van der Waals surface area contributed by atoms with E-state index in [9.17, 15) is 19.8 Å². The Bertz CT molecular complexity index is 1500. The van der Waals surface area contributed by atoms with Crippen molar-refractivity contribution in [1.29, 1.82) is 0 Å². The normalized spacial score (nSPS) is 12.2. The fourth-order valence-electron chi connectivity index (χ4n) is 5.40. The SMILES string of the molecule is CC(C)c1ccc2c(c1C(=O)[O-])Cc1ccccc1O2.CC(C)c1ccc2c(c1C(=O)[O-])Cc1ccccc1O2.[Zn+2]. The Balaban J connectivity index is 0.000000184. The molecular weight excluding hydrogens is 570 g/mol. The number of hydrogen-bond acceptors (Lipinski definition) is 6. The van der Waals surface area contributed by atoms with E-state index < -0.39 is 11.9 Å². The van der Waals surface area contributed by atoms with Gasteiger partial charge in [0.25, 0.3) is 0 Å². The van der Waals surface area contributed by atoms with Crippen LogP contribution in [0.25, 0.3) is 0 Å². The van der Waals surface area contributed by atoms with E-state index in [2.05, 4.69) is 0 Å². The zero-order valence-corrected chi connectivity index (χ0v) is 26.6. The number of hydrogen-bond donors (Lipinski definition) is 0. The quantitative estimate of drug-likeness (QED) is 0.240. The first-order valence-electron chi connectivity index (χ1n) is 13.4. The van der Waals surface area contributed by atoms with Gasteiger partial charge in [0.05, 0.1) is 11.9 Å². The Morgan fingerprint density at radius 2 is 0.951 bits per heavy atom. The summed E-state index contributed by atoms with van der Waals surface area (Å²) in [4.78, 5) is 23.1. The van der Waals surface area contributed by atoms with Crippen LogP contribution in [-0.2, 0) is 32.3 Å². The van der Waals surface area contributed by atoms with Crippen LogP contribution in [0.4, 0.5) is 0 Å². The van der Waals surface area contributed by atoms with Gasteiger partial charge >= 0.3 is 19.5 Å². The van der Waals surface area contributed by atoms with E-state index in [0.29, 0.717) is 24.3 Å². The molecule has 6 nitrogen and oxygen atoms in total. The number of ether oxygens (including phenoxy) is 2. The summed E-state index contributed by atoms with van der Waals surface area (Å²) >= 11 is 0. The van der Waals surface area contributed by atoms with Crippen LogP contribution in [0.1, 0.15) is 93.6 Å². The molecule has 0 spiro atoms. The number of para-hydroxylation sites is 2. The predicted octanol–water partition coefficient (Wildman–Crippen LogP) is 5.74. The van der Waals surface area contributed by atoms with E-state index in [-0.39, 0.29) is 42.4 Å². The molecule has 2 aliphatic rings. The molecular formula is C34H30O6Zn. The van der Waals surface area contributed by atoms with Gasteiger partial charge in [0, 0.05) is 35.1 Å². The van der Waals surface area contributed by atoms with E-state index in [4.69, 9.17) is 9.47 Å². The van der Waals surface area contributed by atoms with Gasteiger partial charge in [-0.25, -0.2) is 0 Å². The summed E-state index contributed by atoms with van der Waals surface area (Å²) in [6.45, 7) is 7.91. The first-order valence-corrected chi connectivity index (χ1v) is 13.4. The molecule has 6 rings (SSSR count). The largest absolute Gasteiger partial charge is 2.00 e. The zero-order chi connectivity index (χ0) is 28.6. The van der Waals surface area contributed by atoms with Gasteiger partial charge in [0.15, 0.2) is 0 Å². The Labute approximate surface area is 252 Å². The predicted molar refractivity (Wildman–Crippen MR) is 148 cm³/mol. The van der Waals surface area contributed by atoms with Crippen LogP contribution in [0.15, 0.2) is 72.8 Å². The summed E-state index contributed by atoms with van der Waals surface area (Å²) in [6, 6.07) is 22.7. The van der Waals surface area contributed by atoms with Crippen LogP contribution in [-0.4, -0.2) is 11.9 Å². The molecule has 0 fully saturated rings. The third-order valence-electron chi connectivity index (χ3n) is 7.38. The third kappa shape index (κ3) is 5.91. The molecule has 0 amide bonds. The maximum Gasteiger partial charge on any atom is 2.00 e. The van der Waals surface area contributed by atoms with Crippen molar-refractivity contribution in [3.63, 3.8) is 0 Å². The van der Waals surface area contributed by atoms with E-state index in [1.807, 2.05) is 100 Å². The van der Waals surface area contributed by atoms with Crippen LogP contribution < -0.4 is 19.7 Å². The van der Waals surface area contributed by atoms with Crippen molar-refractivity contribution in [3.8, 4) is 23.0 Å². The van der Waals surface area contributed by atoms with Gasteiger partial charge in [0.1, 0.15) is 23.0 Å². The van der Waals surface area contributed by atoms with E-state index in [1.165, 1.54) is 0 Å². The van der Waals surface area contributed by atoms with Crippen molar-refractivity contribution in [3.05, 3.63) is 117 Å².